The van der Waals surface area contributed by atoms with E-state index in [0.717, 1.165) is 5.56 Å². The molecule has 0 aliphatic carbocycles. The molecule has 0 saturated carbocycles. The fraction of sp³-hybridized carbons (Fsp3) is 0.500. The fourth-order valence-electron chi connectivity index (χ4n) is 2.25. The molecule has 0 aliphatic heterocycles. The summed E-state index contributed by atoms with van der Waals surface area (Å²) in [5, 5.41) is 2.39. The van der Waals surface area contributed by atoms with Crippen molar-refractivity contribution < 1.29 is 14.4 Å². The van der Waals surface area contributed by atoms with Crippen molar-refractivity contribution in [1.82, 2.24) is 16.2 Å². The van der Waals surface area contributed by atoms with E-state index in [0.29, 0.717) is 12.0 Å². The highest BCUT2D eigenvalue weighted by molar-refractivity contribution is 5.96. The highest BCUT2D eigenvalue weighted by atomic mass is 16.2. The number of hydrogen-bond acceptors (Lipinski definition) is 3. The Labute approximate surface area is 148 Å². The number of benzene rings is 1. The summed E-state index contributed by atoms with van der Waals surface area (Å²) in [5.41, 5.74) is 11.3. The molecular formula is C18H28N4O3. The summed E-state index contributed by atoms with van der Waals surface area (Å²) in [7, 11) is 0. The topological polar surface area (TPSA) is 113 Å². The van der Waals surface area contributed by atoms with Crippen LogP contribution in [0.25, 0.3) is 0 Å². The number of primary amides is 1. The van der Waals surface area contributed by atoms with Crippen molar-refractivity contribution >= 4 is 17.8 Å². The lowest BCUT2D eigenvalue weighted by molar-refractivity contribution is -0.124. The van der Waals surface area contributed by atoms with Gasteiger partial charge in [0.1, 0.15) is 6.04 Å². The van der Waals surface area contributed by atoms with Gasteiger partial charge >= 0.3 is 6.03 Å². The van der Waals surface area contributed by atoms with E-state index >= 15 is 0 Å². The number of urea groups is 1. The maximum atomic E-state index is 12.2. The molecule has 0 bridgehead atoms. The summed E-state index contributed by atoms with van der Waals surface area (Å²) in [6, 6.07) is 5.57. The molecule has 138 valence electrons. The van der Waals surface area contributed by atoms with Crippen LogP contribution < -0.4 is 21.9 Å². The van der Waals surface area contributed by atoms with Crippen molar-refractivity contribution in [2.45, 2.75) is 52.5 Å². The second-order valence-corrected chi connectivity index (χ2v) is 7.14. The summed E-state index contributed by atoms with van der Waals surface area (Å²) in [6.07, 6.45) is 0.667. The van der Waals surface area contributed by atoms with Gasteiger partial charge in [-0.15, -0.1) is 0 Å². The third-order valence-electron chi connectivity index (χ3n) is 4.11. The predicted octanol–water partition coefficient (Wildman–Crippen LogP) is 1.83. The number of nitrogens with one attached hydrogen (secondary N) is 3. The Morgan fingerprint density at radius 1 is 1.08 bits per heavy atom. The quantitative estimate of drug-likeness (QED) is 0.609. The van der Waals surface area contributed by atoms with Crippen LogP contribution in [0.1, 0.15) is 57.0 Å². The summed E-state index contributed by atoms with van der Waals surface area (Å²) < 4.78 is 0. The minimum atomic E-state index is -0.814. The van der Waals surface area contributed by atoms with E-state index in [4.69, 9.17) is 5.73 Å². The van der Waals surface area contributed by atoms with Gasteiger partial charge in [-0.25, -0.2) is 4.79 Å². The van der Waals surface area contributed by atoms with Crippen LogP contribution in [0.3, 0.4) is 0 Å². The van der Waals surface area contributed by atoms with Crippen LogP contribution in [-0.2, 0) is 10.2 Å². The van der Waals surface area contributed by atoms with E-state index in [1.165, 1.54) is 0 Å². The Morgan fingerprint density at radius 3 is 2.08 bits per heavy atom. The van der Waals surface area contributed by atoms with Gasteiger partial charge in [-0.05, 0) is 29.0 Å². The standard InChI is InChI=1S/C18H28N4O3/c1-6-11(2)14(20-17(19)25)16(24)22-21-15(23)12-7-9-13(10-8-12)18(3,4)5/h7-11,14H,6H2,1-5H3,(H,21,23)(H,22,24)(H3,19,20,25)/t11-,14-/m0/s1. The first-order valence-electron chi connectivity index (χ1n) is 8.33. The summed E-state index contributed by atoms with van der Waals surface area (Å²) in [4.78, 5) is 35.4. The minimum absolute atomic E-state index is 0.00678. The second kappa shape index (κ2) is 8.50. The normalized spacial score (nSPS) is 13.5. The zero-order valence-corrected chi connectivity index (χ0v) is 15.5. The van der Waals surface area contributed by atoms with Crippen LogP contribution in [0, 0.1) is 5.92 Å². The Morgan fingerprint density at radius 2 is 1.64 bits per heavy atom. The SMILES string of the molecule is CC[C@H](C)[C@H](NC(N)=O)C(=O)NNC(=O)c1ccc(C(C)(C)C)cc1. The molecule has 2 atom stereocenters. The average Bonchev–Trinajstić information content (AvgIpc) is 2.55. The molecule has 5 N–H and O–H groups in total. The van der Waals surface area contributed by atoms with Gasteiger partial charge in [0.25, 0.3) is 11.8 Å². The molecule has 0 aliphatic rings. The maximum absolute atomic E-state index is 12.2. The number of hydrazine groups is 1. The molecule has 0 aromatic heterocycles. The monoisotopic (exact) mass is 348 g/mol. The van der Waals surface area contributed by atoms with Crippen LogP contribution in [-0.4, -0.2) is 23.9 Å². The summed E-state index contributed by atoms with van der Waals surface area (Å²) >= 11 is 0. The average molecular weight is 348 g/mol. The molecular weight excluding hydrogens is 320 g/mol. The van der Waals surface area contributed by atoms with Crippen molar-refractivity contribution in [2.24, 2.45) is 11.7 Å². The lowest BCUT2D eigenvalue weighted by Crippen LogP contribution is -2.55. The predicted molar refractivity (Wildman–Crippen MR) is 96.7 cm³/mol. The van der Waals surface area contributed by atoms with Gasteiger partial charge in [0.2, 0.25) is 0 Å². The molecule has 7 heteroatoms. The molecule has 0 saturated heterocycles. The Hall–Kier alpha value is -2.57. The first-order valence-corrected chi connectivity index (χ1v) is 8.33. The van der Waals surface area contributed by atoms with E-state index in [1.54, 1.807) is 12.1 Å². The summed E-state index contributed by atoms with van der Waals surface area (Å²) in [6.45, 7) is 9.96. The first kappa shape index (κ1) is 20.5. The van der Waals surface area contributed by atoms with E-state index < -0.39 is 23.9 Å². The number of hydrogen-bond donors (Lipinski definition) is 4. The molecule has 0 spiro atoms. The van der Waals surface area contributed by atoms with Crippen LogP contribution in [0.2, 0.25) is 0 Å². The highest BCUT2D eigenvalue weighted by Gasteiger charge is 2.25. The molecule has 0 heterocycles. The van der Waals surface area contributed by atoms with Crippen molar-refractivity contribution in [1.29, 1.82) is 0 Å². The van der Waals surface area contributed by atoms with E-state index in [-0.39, 0.29) is 11.3 Å². The van der Waals surface area contributed by atoms with Gasteiger partial charge in [0.15, 0.2) is 0 Å². The summed E-state index contributed by atoms with van der Waals surface area (Å²) in [5.74, 6) is -1.08. The van der Waals surface area contributed by atoms with E-state index in [9.17, 15) is 14.4 Å². The minimum Gasteiger partial charge on any atom is -0.352 e. The van der Waals surface area contributed by atoms with Gasteiger partial charge in [-0.3, -0.25) is 20.4 Å². The molecule has 0 radical (unpaired) electrons. The lowest BCUT2D eigenvalue weighted by Gasteiger charge is -2.22. The van der Waals surface area contributed by atoms with Gasteiger partial charge in [0, 0.05) is 5.56 Å². The Kier molecular flexibility index (Phi) is 6.97. The molecule has 0 unspecified atom stereocenters. The van der Waals surface area contributed by atoms with Crippen LogP contribution in [0.4, 0.5) is 4.79 Å². The molecule has 0 fully saturated rings. The van der Waals surface area contributed by atoms with Crippen molar-refractivity contribution in [2.75, 3.05) is 0 Å². The van der Waals surface area contributed by atoms with Gasteiger partial charge < -0.3 is 11.1 Å². The Bertz CT molecular complexity index is 620. The Balaban J connectivity index is 2.70. The zero-order chi connectivity index (χ0) is 19.2. The molecule has 1 aromatic carbocycles. The molecule has 25 heavy (non-hydrogen) atoms. The molecule has 1 rings (SSSR count). The molecule has 7 nitrogen and oxygen atoms in total. The maximum Gasteiger partial charge on any atom is 0.312 e. The number of carbonyl (C=O) groups is 3. The zero-order valence-electron chi connectivity index (χ0n) is 15.5. The second-order valence-electron chi connectivity index (χ2n) is 7.14. The van der Waals surface area contributed by atoms with Gasteiger partial charge in [-0.1, -0.05) is 53.2 Å². The first-order chi connectivity index (χ1) is 11.6. The molecule has 1 aromatic rings. The number of rotatable bonds is 5. The van der Waals surface area contributed by atoms with Crippen LogP contribution >= 0.6 is 0 Å². The third kappa shape index (κ3) is 6.10. The third-order valence-corrected chi connectivity index (χ3v) is 4.11. The van der Waals surface area contributed by atoms with Crippen molar-refractivity contribution in [3.05, 3.63) is 35.4 Å². The smallest absolute Gasteiger partial charge is 0.312 e. The number of carbonyl (C=O) groups excluding carboxylic acids is 3. The highest BCUT2D eigenvalue weighted by Crippen LogP contribution is 2.22. The van der Waals surface area contributed by atoms with Gasteiger partial charge in [-0.2, -0.15) is 0 Å². The largest absolute Gasteiger partial charge is 0.352 e. The van der Waals surface area contributed by atoms with Crippen LogP contribution in [0.5, 0.6) is 0 Å². The number of nitrogens with two attached hydrogens (primary N) is 1. The van der Waals surface area contributed by atoms with Crippen LogP contribution in [0.15, 0.2) is 24.3 Å². The van der Waals surface area contributed by atoms with Gasteiger partial charge in [0.05, 0.1) is 0 Å². The number of amides is 4. The van der Waals surface area contributed by atoms with E-state index in [2.05, 4.69) is 36.9 Å². The van der Waals surface area contributed by atoms with Crippen molar-refractivity contribution in [3.63, 3.8) is 0 Å². The fourth-order valence-corrected chi connectivity index (χ4v) is 2.25. The molecule has 4 amide bonds. The lowest BCUT2D eigenvalue weighted by atomic mass is 9.87. The van der Waals surface area contributed by atoms with E-state index in [1.807, 2.05) is 26.0 Å². The van der Waals surface area contributed by atoms with Crippen molar-refractivity contribution in [3.8, 4) is 0 Å².